The highest BCUT2D eigenvalue weighted by molar-refractivity contribution is 6.23. The van der Waals surface area contributed by atoms with E-state index in [1.807, 2.05) is 146 Å². The van der Waals surface area contributed by atoms with Gasteiger partial charge in [-0.1, -0.05) is 328 Å². The average Bonchev–Trinajstić information content (AvgIpc) is 1.55. The Labute approximate surface area is 676 Å². The van der Waals surface area contributed by atoms with Crippen molar-refractivity contribution in [2.45, 2.75) is 0 Å². The molecule has 24 rings (SSSR count). The van der Waals surface area contributed by atoms with Crippen LogP contribution in [0.4, 0.5) is 0 Å². The molecule has 0 N–H and O–H groups in total. The zero-order valence-electron chi connectivity index (χ0n) is 63.5. The van der Waals surface area contributed by atoms with E-state index in [4.69, 9.17) is 38.7 Å². The Bertz CT molecular complexity index is 7980. The summed E-state index contributed by atoms with van der Waals surface area (Å²) in [5.74, 6) is 3.63. The van der Waals surface area contributed by atoms with Crippen molar-refractivity contribution < 1.29 is 8.83 Å². The fourth-order valence-electron chi connectivity index (χ4n) is 17.5. The van der Waals surface area contributed by atoms with Crippen LogP contribution in [-0.2, 0) is 0 Å². The van der Waals surface area contributed by atoms with Gasteiger partial charge in [-0.25, -0.2) is 29.9 Å². The molecule has 0 radical (unpaired) electrons. The van der Waals surface area contributed by atoms with Crippen LogP contribution >= 0.6 is 0 Å². The Morgan fingerprint density at radius 1 is 0.186 bits per heavy atom. The predicted octanol–water partition coefficient (Wildman–Crippen LogP) is 28.2. The molecule has 0 saturated carbocycles. The summed E-state index contributed by atoms with van der Waals surface area (Å²) >= 11 is 0. The Kier molecular flexibility index (Phi) is 16.0. The molecule has 18 aromatic carbocycles. The topological polar surface area (TPSA) is 113 Å². The lowest BCUT2D eigenvalue weighted by molar-refractivity contribution is 0.666. The molecular formula is C108H66N8O2. The summed E-state index contributed by atoms with van der Waals surface area (Å²) in [4.78, 5) is 30.6. The SMILES string of the molecule is c1ccc(-c2ccc(-c3ccc4c(c3)c3cc5ccccc5cc3n4-c3ccc(-c4nc(-c5ccccc5)nc(-c5ccccc5)n4)c4c3oc3ccccc34)cc2)cc1.c1ccc(-c2nc(-c3ccccc3)nc(-c3ccc(-n4c5ccc(-c6cccc7ccccc67)cc5c5ccc6ccccc6c54)c4oc5ccccc5c34)n2)cc1. The number of benzene rings is 18. The van der Waals surface area contributed by atoms with Crippen molar-refractivity contribution in [2.75, 3.05) is 0 Å². The Morgan fingerprint density at radius 2 is 0.551 bits per heavy atom. The largest absolute Gasteiger partial charge is 0.454 e. The predicted molar refractivity (Wildman–Crippen MR) is 484 cm³/mol. The molecule has 24 aromatic rings. The van der Waals surface area contributed by atoms with Crippen molar-refractivity contribution in [1.29, 1.82) is 0 Å². The minimum Gasteiger partial charge on any atom is -0.454 e. The Morgan fingerprint density at radius 3 is 1.08 bits per heavy atom. The van der Waals surface area contributed by atoms with Crippen LogP contribution in [0.1, 0.15) is 0 Å². The zero-order chi connectivity index (χ0) is 77.7. The van der Waals surface area contributed by atoms with E-state index in [2.05, 4.69) is 264 Å². The highest BCUT2D eigenvalue weighted by Crippen LogP contribution is 2.48. The first kappa shape index (κ1) is 67.6. The van der Waals surface area contributed by atoms with E-state index in [-0.39, 0.29) is 0 Å². The van der Waals surface area contributed by atoms with E-state index in [1.165, 1.54) is 81.7 Å². The molecule has 6 aromatic heterocycles. The fraction of sp³-hybridized carbons (Fsp3) is 0. The molecule has 0 saturated heterocycles. The van der Waals surface area contributed by atoms with Crippen LogP contribution in [0.15, 0.2) is 409 Å². The molecule has 6 heterocycles. The van der Waals surface area contributed by atoms with Gasteiger partial charge in [0.1, 0.15) is 11.2 Å². The summed E-state index contributed by atoms with van der Waals surface area (Å²) in [7, 11) is 0. The van der Waals surface area contributed by atoms with Gasteiger partial charge in [-0.3, -0.25) is 0 Å². The van der Waals surface area contributed by atoms with Gasteiger partial charge in [-0.2, -0.15) is 0 Å². The van der Waals surface area contributed by atoms with E-state index >= 15 is 0 Å². The third kappa shape index (κ3) is 11.5. The maximum atomic E-state index is 6.96. The molecule has 0 spiro atoms. The third-order valence-electron chi connectivity index (χ3n) is 23.1. The first-order valence-electron chi connectivity index (χ1n) is 39.7. The smallest absolute Gasteiger partial charge is 0.164 e. The maximum absolute atomic E-state index is 6.96. The van der Waals surface area contributed by atoms with Gasteiger partial charge < -0.3 is 18.0 Å². The van der Waals surface area contributed by atoms with Gasteiger partial charge >= 0.3 is 0 Å². The van der Waals surface area contributed by atoms with Crippen LogP contribution in [0.5, 0.6) is 0 Å². The highest BCUT2D eigenvalue weighted by atomic mass is 16.3. The normalized spacial score (nSPS) is 11.7. The first-order valence-corrected chi connectivity index (χ1v) is 39.7. The molecule has 118 heavy (non-hydrogen) atoms. The van der Waals surface area contributed by atoms with Crippen molar-refractivity contribution in [3.05, 3.63) is 400 Å². The molecule has 10 heteroatoms. The summed E-state index contributed by atoms with van der Waals surface area (Å²) in [6.07, 6.45) is 0. The van der Waals surface area contributed by atoms with Crippen LogP contribution in [0.3, 0.4) is 0 Å². The second kappa shape index (κ2) is 28.0. The second-order valence-electron chi connectivity index (χ2n) is 29.9. The van der Waals surface area contributed by atoms with Crippen molar-refractivity contribution >= 4 is 120 Å². The number of para-hydroxylation sites is 2. The van der Waals surface area contributed by atoms with Gasteiger partial charge in [-0.15, -0.1) is 0 Å². The fourth-order valence-corrected chi connectivity index (χ4v) is 17.5. The van der Waals surface area contributed by atoms with E-state index in [0.29, 0.717) is 34.9 Å². The van der Waals surface area contributed by atoms with Gasteiger partial charge in [0.25, 0.3) is 0 Å². The van der Waals surface area contributed by atoms with Crippen LogP contribution in [0, 0.1) is 0 Å². The second-order valence-corrected chi connectivity index (χ2v) is 29.9. The first-order chi connectivity index (χ1) is 58.5. The molecule has 0 aliphatic carbocycles. The van der Waals surface area contributed by atoms with E-state index < -0.39 is 0 Å². The van der Waals surface area contributed by atoms with Gasteiger partial charge in [0.15, 0.2) is 46.1 Å². The molecule has 0 bridgehead atoms. The van der Waals surface area contributed by atoms with Crippen molar-refractivity contribution in [2.24, 2.45) is 0 Å². The zero-order valence-corrected chi connectivity index (χ0v) is 63.5. The number of aromatic nitrogens is 8. The monoisotopic (exact) mass is 1510 g/mol. The molecule has 10 nitrogen and oxygen atoms in total. The summed E-state index contributed by atoms with van der Waals surface area (Å²) in [6, 6.07) is 140. The number of furan rings is 2. The standard InChI is InChI=1S/C55H34N4O.C53H32N4O/c1-4-14-35(15-5-1)36-24-26-37(27-25-36)42-28-30-47-45(33-42)46-32-40-20-10-11-21-41(40)34-49(46)59(47)48-31-29-44(51-43-22-12-13-23-50(43)60-52(48)51)55-57-53(38-16-6-2-7-17-38)56-54(58-55)39-18-8-3-9-19-39;1-3-16-35(17-4-1)51-54-52(36-18-5-2-6-19-36)56-53(55-51)43-29-31-46(50-48(43)42-23-11-12-25-47(42)58-50)57-45-30-27-37(39-24-13-20-33-14-7-9-21-38(33)39)32-44(45)41-28-26-34-15-8-10-22-40(34)49(41)57/h1-34H;1-32H. The minimum atomic E-state index is 0.585. The van der Waals surface area contributed by atoms with Gasteiger partial charge in [0.05, 0.1) is 33.4 Å². The summed E-state index contributed by atoms with van der Waals surface area (Å²) < 4.78 is 18.7. The lowest BCUT2D eigenvalue weighted by Crippen LogP contribution is -2.01. The number of hydrogen-bond acceptors (Lipinski definition) is 8. The summed E-state index contributed by atoms with van der Waals surface area (Å²) in [6.45, 7) is 0. The van der Waals surface area contributed by atoms with Crippen LogP contribution in [-0.4, -0.2) is 39.0 Å². The number of rotatable bonds is 11. The molecule has 0 aliphatic heterocycles. The van der Waals surface area contributed by atoms with Gasteiger partial charge in [0, 0.05) is 81.9 Å². The lowest BCUT2D eigenvalue weighted by atomic mass is 9.97. The minimum absolute atomic E-state index is 0.585. The molecular weight excluding hydrogens is 1440 g/mol. The summed E-state index contributed by atoms with van der Waals surface area (Å²) in [5.41, 5.74) is 22.1. The number of hydrogen-bond donors (Lipinski definition) is 0. The number of nitrogens with zero attached hydrogens (tertiary/aromatic N) is 8. The third-order valence-corrected chi connectivity index (χ3v) is 23.1. The Balaban J connectivity index is 0.000000138. The Hall–Kier alpha value is -16.0. The van der Waals surface area contributed by atoms with E-state index in [1.54, 1.807) is 0 Å². The highest BCUT2D eigenvalue weighted by Gasteiger charge is 2.27. The molecule has 550 valence electrons. The van der Waals surface area contributed by atoms with E-state index in [0.717, 1.165) is 116 Å². The van der Waals surface area contributed by atoms with Crippen LogP contribution < -0.4 is 0 Å². The average molecular weight is 1510 g/mol. The molecule has 0 fully saturated rings. The van der Waals surface area contributed by atoms with Gasteiger partial charge in [-0.05, 0) is 133 Å². The van der Waals surface area contributed by atoms with Crippen LogP contribution in [0.25, 0.3) is 233 Å². The van der Waals surface area contributed by atoms with Crippen molar-refractivity contribution in [1.82, 2.24) is 39.0 Å². The molecule has 0 amide bonds. The van der Waals surface area contributed by atoms with E-state index in [9.17, 15) is 0 Å². The molecule has 0 aliphatic rings. The lowest BCUT2D eigenvalue weighted by Gasteiger charge is -2.13. The quantitative estimate of drug-likeness (QED) is 0.126. The van der Waals surface area contributed by atoms with Gasteiger partial charge in [0.2, 0.25) is 0 Å². The molecule has 0 unspecified atom stereocenters. The number of fused-ring (bicyclic) bond motifs is 16. The van der Waals surface area contributed by atoms with Crippen molar-refractivity contribution in [3.63, 3.8) is 0 Å². The summed E-state index contributed by atoms with van der Waals surface area (Å²) in [5, 5.41) is 15.8. The molecule has 0 atom stereocenters. The van der Waals surface area contributed by atoms with Crippen molar-refractivity contribution in [3.8, 4) is 113 Å². The maximum Gasteiger partial charge on any atom is 0.164 e. The van der Waals surface area contributed by atoms with Crippen LogP contribution in [0.2, 0.25) is 0 Å².